The lowest BCUT2D eigenvalue weighted by Gasteiger charge is -2.08. The van der Waals surface area contributed by atoms with Gasteiger partial charge in [-0.05, 0) is 36.4 Å². The van der Waals surface area contributed by atoms with Crippen LogP contribution in [-0.2, 0) is 24.2 Å². The van der Waals surface area contributed by atoms with Gasteiger partial charge in [-0.15, -0.1) is 0 Å². The van der Waals surface area contributed by atoms with E-state index < -0.39 is 46.4 Å². The Kier molecular flexibility index (Phi) is 7.70. The van der Waals surface area contributed by atoms with Gasteiger partial charge >= 0.3 is 5.97 Å². The van der Waals surface area contributed by atoms with Gasteiger partial charge in [0.25, 0.3) is 11.8 Å². The fourth-order valence-corrected chi connectivity index (χ4v) is 3.52. The number of hydrogen-bond acceptors (Lipinski definition) is 6. The summed E-state index contributed by atoms with van der Waals surface area (Å²) < 4.78 is 29.7. The van der Waals surface area contributed by atoms with Crippen molar-refractivity contribution < 1.29 is 27.5 Å². The SMILES string of the molecule is O=C(COC(=O)CCS(=O)(=O)c1ccccc1)NNC(=O)c1ccc(Br)cc1. The number of carbonyl (C=O) groups excluding carboxylic acids is 3. The third-order valence-electron chi connectivity index (χ3n) is 3.46. The Morgan fingerprint density at radius 1 is 0.929 bits per heavy atom. The maximum atomic E-state index is 12.1. The van der Waals surface area contributed by atoms with Crippen molar-refractivity contribution in [3.05, 3.63) is 64.6 Å². The van der Waals surface area contributed by atoms with Crippen LogP contribution in [0.4, 0.5) is 0 Å². The quantitative estimate of drug-likeness (QED) is 0.470. The first-order valence-electron chi connectivity index (χ1n) is 8.06. The second-order valence-corrected chi connectivity index (χ2v) is 8.58. The summed E-state index contributed by atoms with van der Waals surface area (Å²) in [5, 5.41) is 0. The minimum Gasteiger partial charge on any atom is -0.455 e. The predicted molar refractivity (Wildman–Crippen MR) is 104 cm³/mol. The average Bonchev–Trinajstić information content (AvgIpc) is 2.70. The van der Waals surface area contributed by atoms with Gasteiger partial charge in [0.15, 0.2) is 16.4 Å². The number of rotatable bonds is 7. The van der Waals surface area contributed by atoms with Crippen LogP contribution in [0, 0.1) is 0 Å². The number of esters is 1. The molecule has 2 rings (SSSR count). The molecule has 28 heavy (non-hydrogen) atoms. The van der Waals surface area contributed by atoms with E-state index >= 15 is 0 Å². The van der Waals surface area contributed by atoms with E-state index in [-0.39, 0.29) is 4.90 Å². The molecule has 2 aromatic carbocycles. The molecule has 2 amide bonds. The molecular formula is C18H17BrN2O6S. The van der Waals surface area contributed by atoms with Gasteiger partial charge in [0.05, 0.1) is 17.1 Å². The van der Waals surface area contributed by atoms with Crippen LogP contribution >= 0.6 is 15.9 Å². The topological polar surface area (TPSA) is 119 Å². The van der Waals surface area contributed by atoms with Gasteiger partial charge in [0.1, 0.15) is 0 Å². The maximum absolute atomic E-state index is 12.1. The van der Waals surface area contributed by atoms with Crippen LogP contribution in [0.15, 0.2) is 64.0 Å². The van der Waals surface area contributed by atoms with E-state index in [1.54, 1.807) is 42.5 Å². The minimum atomic E-state index is -3.61. The van der Waals surface area contributed by atoms with E-state index in [9.17, 15) is 22.8 Å². The number of halogens is 1. The van der Waals surface area contributed by atoms with Gasteiger partial charge in [-0.2, -0.15) is 0 Å². The van der Waals surface area contributed by atoms with Crippen LogP contribution < -0.4 is 10.9 Å². The smallest absolute Gasteiger partial charge is 0.307 e. The molecule has 0 unspecified atom stereocenters. The number of benzene rings is 2. The second-order valence-electron chi connectivity index (χ2n) is 5.55. The molecule has 0 heterocycles. The van der Waals surface area contributed by atoms with E-state index in [4.69, 9.17) is 4.74 Å². The number of sulfone groups is 1. The number of carbonyl (C=O) groups is 3. The van der Waals surface area contributed by atoms with Crippen molar-refractivity contribution in [3.63, 3.8) is 0 Å². The first-order chi connectivity index (χ1) is 13.3. The lowest BCUT2D eigenvalue weighted by molar-refractivity contribution is -0.148. The standard InChI is InChI=1S/C18H17BrN2O6S/c19-14-8-6-13(7-9-14)18(24)21-20-16(22)12-27-17(23)10-11-28(25,26)15-4-2-1-3-5-15/h1-9H,10-12H2,(H,20,22)(H,21,24). The molecule has 0 saturated heterocycles. The third-order valence-corrected chi connectivity index (χ3v) is 5.72. The third kappa shape index (κ3) is 6.78. The molecular weight excluding hydrogens is 452 g/mol. The fourth-order valence-electron chi connectivity index (χ4n) is 2.02. The normalized spacial score (nSPS) is 10.8. The highest BCUT2D eigenvalue weighted by Gasteiger charge is 2.17. The van der Waals surface area contributed by atoms with Crippen molar-refractivity contribution in [2.24, 2.45) is 0 Å². The lowest BCUT2D eigenvalue weighted by Crippen LogP contribution is -2.43. The molecule has 2 N–H and O–H groups in total. The molecule has 148 valence electrons. The molecule has 0 aliphatic rings. The van der Waals surface area contributed by atoms with E-state index in [1.165, 1.54) is 12.1 Å². The molecule has 0 aliphatic carbocycles. The maximum Gasteiger partial charge on any atom is 0.307 e. The first kappa shape index (κ1) is 21.6. The Balaban J connectivity index is 1.71. The summed E-state index contributed by atoms with van der Waals surface area (Å²) in [5.74, 6) is -2.57. The first-order valence-corrected chi connectivity index (χ1v) is 10.5. The molecule has 0 aliphatic heterocycles. The largest absolute Gasteiger partial charge is 0.455 e. The molecule has 0 atom stereocenters. The molecule has 0 aromatic heterocycles. The number of amides is 2. The van der Waals surface area contributed by atoms with Gasteiger partial charge in [0, 0.05) is 10.0 Å². The zero-order valence-electron chi connectivity index (χ0n) is 14.6. The second kappa shape index (κ2) is 10.00. The molecule has 0 spiro atoms. The van der Waals surface area contributed by atoms with Gasteiger partial charge in [-0.25, -0.2) is 8.42 Å². The Labute approximate surface area is 170 Å². The van der Waals surface area contributed by atoms with Gasteiger partial charge < -0.3 is 4.74 Å². The van der Waals surface area contributed by atoms with Crippen LogP contribution in [0.2, 0.25) is 0 Å². The summed E-state index contributed by atoms with van der Waals surface area (Å²) in [6.07, 6.45) is -0.393. The lowest BCUT2D eigenvalue weighted by atomic mass is 10.2. The minimum absolute atomic E-state index is 0.108. The Morgan fingerprint density at radius 2 is 1.57 bits per heavy atom. The van der Waals surface area contributed by atoms with Crippen molar-refractivity contribution in [2.75, 3.05) is 12.4 Å². The number of ether oxygens (including phenoxy) is 1. The van der Waals surface area contributed by atoms with Crippen molar-refractivity contribution in [1.82, 2.24) is 10.9 Å². The van der Waals surface area contributed by atoms with Crippen molar-refractivity contribution in [3.8, 4) is 0 Å². The van der Waals surface area contributed by atoms with Crippen molar-refractivity contribution >= 4 is 43.6 Å². The van der Waals surface area contributed by atoms with Crippen LogP contribution in [0.25, 0.3) is 0 Å². The molecule has 0 radical (unpaired) electrons. The van der Waals surface area contributed by atoms with Gasteiger partial charge in [0.2, 0.25) is 0 Å². The van der Waals surface area contributed by atoms with Crippen molar-refractivity contribution in [2.45, 2.75) is 11.3 Å². The number of nitrogens with one attached hydrogen (secondary N) is 2. The summed E-state index contributed by atoms with van der Waals surface area (Å²) in [6.45, 7) is -0.648. The van der Waals surface area contributed by atoms with E-state index in [0.29, 0.717) is 5.56 Å². The molecule has 8 nitrogen and oxygen atoms in total. The van der Waals surface area contributed by atoms with E-state index in [0.717, 1.165) is 4.47 Å². The van der Waals surface area contributed by atoms with Gasteiger partial charge in [-0.3, -0.25) is 25.2 Å². The highest BCUT2D eigenvalue weighted by Crippen LogP contribution is 2.11. The van der Waals surface area contributed by atoms with E-state index in [2.05, 4.69) is 26.8 Å². The predicted octanol–water partition coefficient (Wildman–Crippen LogP) is 1.62. The zero-order valence-corrected chi connectivity index (χ0v) is 17.0. The van der Waals surface area contributed by atoms with Crippen molar-refractivity contribution in [1.29, 1.82) is 0 Å². The fraction of sp³-hybridized carbons (Fsp3) is 0.167. The Morgan fingerprint density at radius 3 is 2.21 bits per heavy atom. The van der Waals surface area contributed by atoms with Crippen LogP contribution in [0.3, 0.4) is 0 Å². The monoisotopic (exact) mass is 468 g/mol. The Hall–Kier alpha value is -2.72. The van der Waals surface area contributed by atoms with Crippen LogP contribution in [0.1, 0.15) is 16.8 Å². The van der Waals surface area contributed by atoms with Crippen LogP contribution in [0.5, 0.6) is 0 Å². The molecule has 0 saturated carbocycles. The summed E-state index contributed by atoms with van der Waals surface area (Å²) in [7, 11) is -3.61. The molecule has 0 bridgehead atoms. The van der Waals surface area contributed by atoms with Crippen LogP contribution in [-0.4, -0.2) is 38.6 Å². The van der Waals surface area contributed by atoms with Gasteiger partial charge in [-0.1, -0.05) is 34.1 Å². The molecule has 2 aromatic rings. The highest BCUT2D eigenvalue weighted by molar-refractivity contribution is 9.10. The summed E-state index contributed by atoms with van der Waals surface area (Å²) in [4.78, 5) is 35.2. The zero-order chi connectivity index (χ0) is 20.6. The summed E-state index contributed by atoms with van der Waals surface area (Å²) in [5.41, 5.74) is 4.61. The number of hydrogen-bond donors (Lipinski definition) is 2. The average molecular weight is 469 g/mol. The summed E-state index contributed by atoms with van der Waals surface area (Å²) in [6, 6.07) is 14.2. The van der Waals surface area contributed by atoms with E-state index in [1.807, 2.05) is 0 Å². The Bertz CT molecular complexity index is 946. The molecule has 10 heteroatoms. The summed E-state index contributed by atoms with van der Waals surface area (Å²) >= 11 is 3.24. The molecule has 0 fully saturated rings. The number of hydrazine groups is 1. The highest BCUT2D eigenvalue weighted by atomic mass is 79.9.